The molecule has 0 atom stereocenters. The van der Waals surface area contributed by atoms with Gasteiger partial charge in [-0.25, -0.2) is 0 Å². The molecule has 0 saturated heterocycles. The molecule has 0 amide bonds. The number of fused-ring (bicyclic) bond motifs is 4. The molecule has 0 heteroatoms. The van der Waals surface area contributed by atoms with Gasteiger partial charge in [0.2, 0.25) is 0 Å². The Hall–Kier alpha value is -3.64. The van der Waals surface area contributed by atoms with Crippen LogP contribution in [-0.4, -0.2) is 0 Å². The van der Waals surface area contributed by atoms with E-state index in [4.69, 9.17) is 0 Å². The summed E-state index contributed by atoms with van der Waals surface area (Å²) in [5.74, 6) is 0. The van der Waals surface area contributed by atoms with Crippen LogP contribution in [-0.2, 0) is 27.1 Å². The Morgan fingerprint density at radius 1 is 0.367 bits per heavy atom. The van der Waals surface area contributed by atoms with Crippen molar-refractivity contribution in [2.24, 2.45) is 0 Å². The lowest BCUT2D eigenvalue weighted by molar-refractivity contribution is 0.530. The average molecular weight is 653 g/mol. The Labute approximate surface area is 300 Å². The van der Waals surface area contributed by atoms with E-state index in [0.717, 1.165) is 0 Å². The summed E-state index contributed by atoms with van der Waals surface area (Å²) >= 11 is 0. The first kappa shape index (κ1) is 38.2. The van der Waals surface area contributed by atoms with Gasteiger partial charge >= 0.3 is 0 Å². The molecule has 0 radical (unpaired) electrons. The van der Waals surface area contributed by atoms with Crippen LogP contribution >= 0.6 is 0 Å². The van der Waals surface area contributed by atoms with Crippen molar-refractivity contribution in [2.75, 3.05) is 0 Å². The van der Waals surface area contributed by atoms with Gasteiger partial charge in [-0.1, -0.05) is 194 Å². The normalized spacial score (nSPS) is 13.9. The number of benzene rings is 5. The van der Waals surface area contributed by atoms with Crippen molar-refractivity contribution < 1.29 is 0 Å². The molecule has 260 valence electrons. The van der Waals surface area contributed by atoms with Gasteiger partial charge in [-0.15, -0.1) is 0 Å². The molecule has 0 saturated carbocycles. The van der Waals surface area contributed by atoms with E-state index < -0.39 is 0 Å². The second kappa shape index (κ2) is 13.6. The van der Waals surface area contributed by atoms with Gasteiger partial charge in [0.25, 0.3) is 0 Å². The van der Waals surface area contributed by atoms with E-state index in [2.05, 4.69) is 208 Å². The molecule has 0 aromatic heterocycles. The first-order valence-electron chi connectivity index (χ1n) is 18.3. The minimum absolute atomic E-state index is 0.143. The third kappa shape index (κ3) is 8.40. The van der Waals surface area contributed by atoms with Crippen molar-refractivity contribution in [1.82, 2.24) is 0 Å². The molecule has 0 N–H and O–H groups in total. The highest BCUT2D eigenvalue weighted by Gasteiger charge is 2.35. The fraction of sp³-hybridized carbons (Fsp3) is 0.429. The zero-order valence-corrected chi connectivity index (χ0v) is 33.7. The van der Waals surface area contributed by atoms with Crippen molar-refractivity contribution in [3.8, 4) is 11.1 Å². The number of aryl methyl sites for hydroxylation is 2. The summed E-state index contributed by atoms with van der Waals surface area (Å²) in [6, 6.07) is 35.7. The summed E-state index contributed by atoms with van der Waals surface area (Å²) in [5.41, 5.74) is 15.4. The van der Waals surface area contributed by atoms with Crippen LogP contribution in [0.2, 0.25) is 0 Å². The Morgan fingerprint density at radius 3 is 1.16 bits per heavy atom. The Bertz CT molecular complexity index is 1830. The van der Waals surface area contributed by atoms with Crippen molar-refractivity contribution in [2.45, 2.75) is 138 Å². The van der Waals surface area contributed by atoms with Crippen molar-refractivity contribution in [1.29, 1.82) is 0 Å². The SMILES string of the molecule is CC(C)(C)c1cc2ccccc2cc1C(C)(C)C.CC(C)(C)c1ccccc1C(C)(C)C.Cc1cc2c(cc1C)C(C)(C)c1ccccc1-2. The van der Waals surface area contributed by atoms with Crippen LogP contribution in [0.5, 0.6) is 0 Å². The van der Waals surface area contributed by atoms with Gasteiger partial charge in [-0.3, -0.25) is 0 Å². The van der Waals surface area contributed by atoms with Crippen LogP contribution in [0, 0.1) is 13.8 Å². The third-order valence-electron chi connectivity index (χ3n) is 10.2. The highest BCUT2D eigenvalue weighted by Crippen LogP contribution is 2.49. The van der Waals surface area contributed by atoms with Gasteiger partial charge in [0.05, 0.1) is 0 Å². The summed E-state index contributed by atoms with van der Waals surface area (Å²) in [5, 5.41) is 2.69. The first-order chi connectivity index (χ1) is 22.4. The highest BCUT2D eigenvalue weighted by atomic mass is 14.4. The molecular weight excluding hydrogens is 589 g/mol. The topological polar surface area (TPSA) is 0 Å². The number of hydrogen-bond donors (Lipinski definition) is 0. The van der Waals surface area contributed by atoms with Crippen LogP contribution < -0.4 is 0 Å². The minimum atomic E-state index is 0.143. The monoisotopic (exact) mass is 653 g/mol. The number of hydrogen-bond acceptors (Lipinski definition) is 0. The smallest absolute Gasteiger partial charge is 0.0158 e. The third-order valence-corrected chi connectivity index (χ3v) is 10.2. The second-order valence-electron chi connectivity index (χ2n) is 18.9. The average Bonchev–Trinajstić information content (AvgIpc) is 3.21. The standard InChI is InChI=1S/C18H24.C17H18.C14H22/c1-17(2,3)15-11-13-9-7-8-10-14(13)12-16(15)18(4,5)6;1-11-9-14-13-7-5-6-8-15(13)17(3,4)16(14)10-12(11)2;1-13(2,3)11-9-7-8-10-12(11)14(4,5)6/h7-12H,1-6H3;5-10H,1-4H3;7-10H,1-6H3. The zero-order valence-electron chi connectivity index (χ0n) is 33.7. The zero-order chi connectivity index (χ0) is 36.7. The molecule has 0 fully saturated rings. The molecule has 0 heterocycles. The molecule has 0 nitrogen and oxygen atoms in total. The summed E-state index contributed by atoms with van der Waals surface area (Å²) in [6.07, 6.45) is 0. The van der Waals surface area contributed by atoms with E-state index in [1.807, 2.05) is 0 Å². The molecule has 6 rings (SSSR count). The molecule has 0 spiro atoms. The van der Waals surface area contributed by atoms with Gasteiger partial charge in [0.15, 0.2) is 0 Å². The molecule has 0 aliphatic heterocycles. The molecule has 1 aliphatic rings. The van der Waals surface area contributed by atoms with E-state index in [1.54, 1.807) is 0 Å². The van der Waals surface area contributed by atoms with Gasteiger partial charge in [-0.05, 0) is 102 Å². The maximum atomic E-state index is 2.37. The number of rotatable bonds is 0. The van der Waals surface area contributed by atoms with E-state index in [1.165, 1.54) is 66.4 Å². The van der Waals surface area contributed by atoms with Crippen molar-refractivity contribution in [3.63, 3.8) is 0 Å². The molecule has 5 aromatic rings. The molecule has 1 aliphatic carbocycles. The Balaban J connectivity index is 0.000000167. The maximum absolute atomic E-state index is 2.37. The lowest BCUT2D eigenvalue weighted by atomic mass is 9.74. The Morgan fingerprint density at radius 2 is 0.735 bits per heavy atom. The quantitative estimate of drug-likeness (QED) is 0.156. The predicted molar refractivity (Wildman–Crippen MR) is 219 cm³/mol. The van der Waals surface area contributed by atoms with Crippen LogP contribution in [0.1, 0.15) is 141 Å². The van der Waals surface area contributed by atoms with Gasteiger partial charge in [-0.2, -0.15) is 0 Å². The first-order valence-corrected chi connectivity index (χ1v) is 18.3. The van der Waals surface area contributed by atoms with Crippen molar-refractivity contribution in [3.05, 3.63) is 142 Å². The molecule has 49 heavy (non-hydrogen) atoms. The molecule has 5 aromatic carbocycles. The Kier molecular flexibility index (Phi) is 10.6. The summed E-state index contributed by atoms with van der Waals surface area (Å²) < 4.78 is 0. The fourth-order valence-corrected chi connectivity index (χ4v) is 7.24. The largest absolute Gasteiger partial charge is 0.0620 e. The fourth-order valence-electron chi connectivity index (χ4n) is 7.24. The van der Waals surface area contributed by atoms with Crippen LogP contribution in [0.4, 0.5) is 0 Å². The van der Waals surface area contributed by atoms with E-state index >= 15 is 0 Å². The maximum Gasteiger partial charge on any atom is 0.0158 e. The lowest BCUT2D eigenvalue weighted by Gasteiger charge is -2.30. The van der Waals surface area contributed by atoms with E-state index in [-0.39, 0.29) is 27.1 Å². The van der Waals surface area contributed by atoms with Gasteiger partial charge in [0, 0.05) is 5.41 Å². The minimum Gasteiger partial charge on any atom is -0.0620 e. The summed E-state index contributed by atoms with van der Waals surface area (Å²) in [7, 11) is 0. The van der Waals surface area contributed by atoms with E-state index in [0.29, 0.717) is 0 Å². The summed E-state index contributed by atoms with van der Waals surface area (Å²) in [4.78, 5) is 0. The molecule has 0 bridgehead atoms. The van der Waals surface area contributed by atoms with Gasteiger partial charge in [0.1, 0.15) is 0 Å². The van der Waals surface area contributed by atoms with Gasteiger partial charge < -0.3 is 0 Å². The lowest BCUT2D eigenvalue weighted by Crippen LogP contribution is -2.21. The van der Waals surface area contributed by atoms with Crippen molar-refractivity contribution >= 4 is 10.8 Å². The molecule has 0 unspecified atom stereocenters. The predicted octanol–water partition coefficient (Wildman–Crippen LogP) is 14.3. The van der Waals surface area contributed by atoms with E-state index in [9.17, 15) is 0 Å². The second-order valence-corrected chi connectivity index (χ2v) is 18.9. The van der Waals surface area contributed by atoms with Crippen LogP contribution in [0.3, 0.4) is 0 Å². The van der Waals surface area contributed by atoms with Crippen LogP contribution in [0.15, 0.2) is 97.1 Å². The summed E-state index contributed by atoms with van der Waals surface area (Å²) in [6.45, 7) is 36.5. The molecular formula is C49H64. The highest BCUT2D eigenvalue weighted by molar-refractivity contribution is 5.85. The van der Waals surface area contributed by atoms with Crippen LogP contribution in [0.25, 0.3) is 21.9 Å².